The van der Waals surface area contributed by atoms with E-state index in [0.29, 0.717) is 5.39 Å². The number of fused-ring (bicyclic) bond motifs is 5. The van der Waals surface area contributed by atoms with Gasteiger partial charge in [-0.15, -0.1) is 0 Å². The van der Waals surface area contributed by atoms with Crippen molar-refractivity contribution in [1.29, 1.82) is 0 Å². The van der Waals surface area contributed by atoms with Gasteiger partial charge < -0.3 is 5.10 Å². The first-order chi connectivity index (χ1) is 9.25. The molecule has 1 aromatic carbocycles. The van der Waals surface area contributed by atoms with Crippen LogP contribution in [0.4, 0.5) is 0 Å². The second-order valence-corrected chi connectivity index (χ2v) is 4.54. The molecule has 0 unspecified atom stereocenters. The van der Waals surface area contributed by atoms with Gasteiger partial charge in [-0.3, -0.25) is 14.5 Å². The number of H-pyrrole nitrogens is 1. The van der Waals surface area contributed by atoms with Gasteiger partial charge in [-0.2, -0.15) is 0 Å². The van der Waals surface area contributed by atoms with E-state index < -0.39 is 0 Å². The molecular weight excluding hydrogens is 240 g/mol. The van der Waals surface area contributed by atoms with E-state index in [1.54, 1.807) is 13.2 Å². The van der Waals surface area contributed by atoms with Gasteiger partial charge in [0.25, 0.3) is 5.56 Å². The third-order valence-electron chi connectivity index (χ3n) is 3.43. The molecule has 5 heteroatoms. The summed E-state index contributed by atoms with van der Waals surface area (Å²) < 4.78 is 1.46. The van der Waals surface area contributed by atoms with Gasteiger partial charge in [-0.25, -0.2) is 4.98 Å². The van der Waals surface area contributed by atoms with Crippen molar-refractivity contribution in [1.82, 2.24) is 19.7 Å². The van der Waals surface area contributed by atoms with Gasteiger partial charge in [0.2, 0.25) is 0 Å². The van der Waals surface area contributed by atoms with Gasteiger partial charge in [0, 0.05) is 30.2 Å². The molecule has 5 nitrogen and oxygen atoms in total. The van der Waals surface area contributed by atoms with E-state index in [1.165, 1.54) is 4.68 Å². The second kappa shape index (κ2) is 3.41. The highest BCUT2D eigenvalue weighted by Crippen LogP contribution is 2.28. The largest absolute Gasteiger partial charge is 0.303 e. The molecule has 19 heavy (non-hydrogen) atoms. The van der Waals surface area contributed by atoms with Crippen molar-refractivity contribution in [2.24, 2.45) is 7.05 Å². The highest BCUT2D eigenvalue weighted by atomic mass is 16.1. The maximum atomic E-state index is 12.1. The van der Waals surface area contributed by atoms with Gasteiger partial charge in [0.05, 0.1) is 21.9 Å². The van der Waals surface area contributed by atoms with Crippen molar-refractivity contribution in [2.75, 3.05) is 0 Å². The Kier molecular flexibility index (Phi) is 1.84. The van der Waals surface area contributed by atoms with E-state index in [1.807, 2.05) is 30.5 Å². The van der Waals surface area contributed by atoms with Crippen LogP contribution in [0.25, 0.3) is 32.7 Å². The van der Waals surface area contributed by atoms with Crippen LogP contribution in [0.5, 0.6) is 0 Å². The highest BCUT2D eigenvalue weighted by Gasteiger charge is 2.11. The van der Waals surface area contributed by atoms with Crippen LogP contribution in [-0.2, 0) is 7.05 Å². The molecule has 3 aromatic heterocycles. The van der Waals surface area contributed by atoms with Gasteiger partial charge >= 0.3 is 0 Å². The zero-order chi connectivity index (χ0) is 13.0. The first-order valence-electron chi connectivity index (χ1n) is 5.97. The summed E-state index contributed by atoms with van der Waals surface area (Å²) in [5, 5.41) is 5.41. The van der Waals surface area contributed by atoms with Crippen LogP contribution in [0.15, 0.2) is 41.5 Å². The first kappa shape index (κ1) is 10.3. The Labute approximate surface area is 107 Å². The van der Waals surface area contributed by atoms with Crippen molar-refractivity contribution in [3.8, 4) is 0 Å². The van der Waals surface area contributed by atoms with Crippen molar-refractivity contribution in [3.05, 3.63) is 47.0 Å². The van der Waals surface area contributed by atoms with Crippen LogP contribution in [0.2, 0.25) is 0 Å². The molecule has 4 aromatic rings. The number of aromatic amines is 1. The molecule has 0 aliphatic heterocycles. The molecule has 0 saturated heterocycles. The number of hydrogen-bond acceptors (Lipinski definition) is 3. The Hall–Kier alpha value is -2.69. The number of benzene rings is 1. The van der Waals surface area contributed by atoms with Crippen LogP contribution < -0.4 is 5.56 Å². The molecule has 0 bridgehead atoms. The Morgan fingerprint density at radius 3 is 2.95 bits per heavy atom. The van der Waals surface area contributed by atoms with Crippen molar-refractivity contribution < 1.29 is 0 Å². The SMILES string of the molecule is Cn1[nH]cc2c(ccc3nc4cccnc4c32)c1=O. The monoisotopic (exact) mass is 250 g/mol. The molecule has 0 atom stereocenters. The van der Waals surface area contributed by atoms with Gasteiger partial charge in [-0.05, 0) is 24.3 Å². The van der Waals surface area contributed by atoms with Crippen LogP contribution in [0.3, 0.4) is 0 Å². The summed E-state index contributed by atoms with van der Waals surface area (Å²) in [5.41, 5.74) is 2.50. The van der Waals surface area contributed by atoms with Crippen molar-refractivity contribution in [3.63, 3.8) is 0 Å². The minimum Gasteiger partial charge on any atom is -0.303 e. The molecule has 0 aliphatic rings. The number of aromatic nitrogens is 4. The minimum atomic E-state index is -0.0512. The van der Waals surface area contributed by atoms with E-state index in [9.17, 15) is 4.79 Å². The highest BCUT2D eigenvalue weighted by molar-refractivity contribution is 6.18. The van der Waals surface area contributed by atoms with Crippen molar-refractivity contribution in [2.45, 2.75) is 0 Å². The number of pyridine rings is 1. The Balaban J connectivity index is 2.37. The maximum absolute atomic E-state index is 12.1. The number of hydrogen-bond donors (Lipinski definition) is 1. The lowest BCUT2D eigenvalue weighted by molar-refractivity contribution is 0.718. The second-order valence-electron chi connectivity index (χ2n) is 4.54. The molecule has 1 N–H and O–H groups in total. The zero-order valence-corrected chi connectivity index (χ0v) is 10.2. The first-order valence-corrected chi connectivity index (χ1v) is 5.97. The third-order valence-corrected chi connectivity index (χ3v) is 3.43. The molecule has 0 fully saturated rings. The number of nitrogens with one attached hydrogen (secondary N) is 1. The zero-order valence-electron chi connectivity index (χ0n) is 10.2. The fraction of sp³-hybridized carbons (Fsp3) is 0.0714. The molecule has 0 saturated carbocycles. The van der Waals surface area contributed by atoms with E-state index in [0.717, 1.165) is 27.3 Å². The summed E-state index contributed by atoms with van der Waals surface area (Å²) in [6.07, 6.45) is 3.57. The van der Waals surface area contributed by atoms with Crippen LogP contribution in [-0.4, -0.2) is 19.7 Å². The minimum absolute atomic E-state index is 0.0512. The summed E-state index contributed by atoms with van der Waals surface area (Å²) in [6.45, 7) is 0. The van der Waals surface area contributed by atoms with E-state index in [-0.39, 0.29) is 5.56 Å². The predicted octanol–water partition coefficient (Wildman–Crippen LogP) is 1.96. The van der Waals surface area contributed by atoms with E-state index in [2.05, 4.69) is 15.1 Å². The predicted molar refractivity (Wildman–Crippen MR) is 74.1 cm³/mol. The fourth-order valence-electron chi connectivity index (χ4n) is 2.50. The normalized spacial score (nSPS) is 11.6. The standard InChI is InChI=1S/C14H10N4O/c1-18-14(19)8-4-5-10-12(9(8)7-16-18)13-11(17-10)3-2-6-15-13/h2-7,16H,1H3. The van der Waals surface area contributed by atoms with Crippen LogP contribution >= 0.6 is 0 Å². The summed E-state index contributed by atoms with van der Waals surface area (Å²) >= 11 is 0. The average molecular weight is 250 g/mol. The molecule has 0 aliphatic carbocycles. The van der Waals surface area contributed by atoms with Gasteiger partial charge in [0.1, 0.15) is 0 Å². The molecular formula is C14H10N4O. The molecule has 0 radical (unpaired) electrons. The fourth-order valence-corrected chi connectivity index (χ4v) is 2.50. The average Bonchev–Trinajstić information content (AvgIpc) is 2.81. The number of nitrogens with zero attached hydrogens (tertiary/aromatic N) is 3. The summed E-state index contributed by atoms with van der Waals surface area (Å²) in [4.78, 5) is 21.0. The maximum Gasteiger partial charge on any atom is 0.272 e. The molecule has 0 spiro atoms. The van der Waals surface area contributed by atoms with Crippen molar-refractivity contribution >= 4 is 32.7 Å². The van der Waals surface area contributed by atoms with Gasteiger partial charge in [-0.1, -0.05) is 0 Å². The number of rotatable bonds is 0. The summed E-state index contributed by atoms with van der Waals surface area (Å²) in [6, 6.07) is 7.49. The summed E-state index contributed by atoms with van der Waals surface area (Å²) in [7, 11) is 1.70. The lowest BCUT2D eigenvalue weighted by atomic mass is 10.1. The Morgan fingerprint density at radius 1 is 1.16 bits per heavy atom. The Bertz CT molecular complexity index is 997. The molecule has 4 rings (SSSR count). The smallest absolute Gasteiger partial charge is 0.272 e. The molecule has 92 valence electrons. The quantitative estimate of drug-likeness (QED) is 0.519. The summed E-state index contributed by atoms with van der Waals surface area (Å²) in [5.74, 6) is 0. The van der Waals surface area contributed by atoms with Gasteiger partial charge in [0.15, 0.2) is 0 Å². The Morgan fingerprint density at radius 2 is 2.05 bits per heavy atom. The topological polar surface area (TPSA) is 63.6 Å². The lowest BCUT2D eigenvalue weighted by Gasteiger charge is -2.02. The number of aryl methyl sites for hydroxylation is 1. The molecule has 0 amide bonds. The molecule has 3 heterocycles. The van der Waals surface area contributed by atoms with E-state index in [4.69, 9.17) is 0 Å². The van der Waals surface area contributed by atoms with E-state index >= 15 is 0 Å². The van der Waals surface area contributed by atoms with Crippen LogP contribution in [0, 0.1) is 0 Å². The van der Waals surface area contributed by atoms with Crippen LogP contribution in [0.1, 0.15) is 0 Å². The third kappa shape index (κ3) is 1.26. The lowest BCUT2D eigenvalue weighted by Crippen LogP contribution is -2.18.